The standard InChI is InChI=1S/C7H15NO3/c1-5(2)8-7(3,4-9)6(10)11/h5,8-9H,4H2,1-3H3,(H,10,11). The summed E-state index contributed by atoms with van der Waals surface area (Å²) in [5.74, 6) is -1.03. The van der Waals surface area contributed by atoms with Gasteiger partial charge in [0.15, 0.2) is 0 Å². The second-order valence-electron chi connectivity index (χ2n) is 3.09. The average Bonchev–Trinajstić information content (AvgIpc) is 1.86. The average molecular weight is 161 g/mol. The summed E-state index contributed by atoms with van der Waals surface area (Å²) >= 11 is 0. The summed E-state index contributed by atoms with van der Waals surface area (Å²) in [7, 11) is 0. The molecule has 0 saturated heterocycles. The number of carbonyl (C=O) groups is 1. The Labute approximate surface area is 66.2 Å². The molecule has 1 atom stereocenters. The number of aliphatic hydroxyl groups excluding tert-OH is 1. The lowest BCUT2D eigenvalue weighted by atomic mass is 10.0. The van der Waals surface area contributed by atoms with Crippen molar-refractivity contribution in [3.05, 3.63) is 0 Å². The molecule has 0 aromatic carbocycles. The molecule has 66 valence electrons. The topological polar surface area (TPSA) is 69.6 Å². The summed E-state index contributed by atoms with van der Waals surface area (Å²) in [4.78, 5) is 10.6. The van der Waals surface area contributed by atoms with Crippen molar-refractivity contribution in [2.45, 2.75) is 32.4 Å². The molecule has 0 aliphatic heterocycles. The Morgan fingerprint density at radius 2 is 2.09 bits per heavy atom. The van der Waals surface area contributed by atoms with Crippen molar-refractivity contribution in [2.24, 2.45) is 0 Å². The normalized spacial score (nSPS) is 16.5. The van der Waals surface area contributed by atoms with Gasteiger partial charge in [-0.3, -0.25) is 10.1 Å². The molecule has 0 radical (unpaired) electrons. The number of rotatable bonds is 4. The first-order valence-corrected chi connectivity index (χ1v) is 3.54. The Kier molecular flexibility index (Phi) is 3.48. The molecule has 11 heavy (non-hydrogen) atoms. The van der Waals surface area contributed by atoms with Crippen LogP contribution in [0.25, 0.3) is 0 Å². The van der Waals surface area contributed by atoms with E-state index in [9.17, 15) is 4.79 Å². The highest BCUT2D eigenvalue weighted by Gasteiger charge is 2.32. The van der Waals surface area contributed by atoms with E-state index >= 15 is 0 Å². The quantitative estimate of drug-likeness (QED) is 0.535. The van der Waals surface area contributed by atoms with E-state index in [0.717, 1.165) is 0 Å². The van der Waals surface area contributed by atoms with Gasteiger partial charge >= 0.3 is 5.97 Å². The summed E-state index contributed by atoms with van der Waals surface area (Å²) in [6.07, 6.45) is 0. The van der Waals surface area contributed by atoms with E-state index < -0.39 is 18.1 Å². The molecular formula is C7H15NO3. The molecule has 0 aliphatic carbocycles. The Bertz CT molecular complexity index is 147. The summed E-state index contributed by atoms with van der Waals surface area (Å²) in [6, 6.07) is 0.0447. The molecule has 0 amide bonds. The maximum absolute atomic E-state index is 10.6. The highest BCUT2D eigenvalue weighted by atomic mass is 16.4. The van der Waals surface area contributed by atoms with Gasteiger partial charge in [-0.05, 0) is 20.8 Å². The number of hydrogen-bond acceptors (Lipinski definition) is 3. The van der Waals surface area contributed by atoms with Crippen molar-refractivity contribution < 1.29 is 15.0 Å². The molecule has 0 saturated carbocycles. The highest BCUT2D eigenvalue weighted by Crippen LogP contribution is 2.03. The zero-order chi connectivity index (χ0) is 9.07. The number of hydrogen-bond donors (Lipinski definition) is 3. The summed E-state index contributed by atoms with van der Waals surface area (Å²) in [6.45, 7) is 4.71. The lowest BCUT2D eigenvalue weighted by Gasteiger charge is -2.26. The number of aliphatic carboxylic acids is 1. The molecule has 4 heteroatoms. The monoisotopic (exact) mass is 161 g/mol. The van der Waals surface area contributed by atoms with E-state index in [-0.39, 0.29) is 6.04 Å². The van der Waals surface area contributed by atoms with E-state index in [1.54, 1.807) is 0 Å². The van der Waals surface area contributed by atoms with Gasteiger partial charge < -0.3 is 10.2 Å². The molecule has 0 spiro atoms. The minimum Gasteiger partial charge on any atom is -0.480 e. The third-order valence-electron chi connectivity index (χ3n) is 1.40. The minimum absolute atomic E-state index is 0.0447. The maximum Gasteiger partial charge on any atom is 0.326 e. The molecule has 0 rings (SSSR count). The van der Waals surface area contributed by atoms with Gasteiger partial charge in [-0.1, -0.05) is 0 Å². The fourth-order valence-corrected chi connectivity index (χ4v) is 0.812. The van der Waals surface area contributed by atoms with Crippen LogP contribution in [0.2, 0.25) is 0 Å². The van der Waals surface area contributed by atoms with Crippen molar-refractivity contribution in [1.29, 1.82) is 0 Å². The Hall–Kier alpha value is -0.610. The third-order valence-corrected chi connectivity index (χ3v) is 1.40. The lowest BCUT2D eigenvalue weighted by molar-refractivity contribution is -0.146. The first-order valence-electron chi connectivity index (χ1n) is 3.54. The van der Waals surface area contributed by atoms with Crippen molar-refractivity contribution in [3.8, 4) is 0 Å². The Morgan fingerprint density at radius 1 is 1.64 bits per heavy atom. The number of nitrogens with one attached hydrogen (secondary N) is 1. The fraction of sp³-hybridized carbons (Fsp3) is 0.857. The number of aliphatic hydroxyl groups is 1. The zero-order valence-electron chi connectivity index (χ0n) is 7.09. The SMILES string of the molecule is CC(C)NC(C)(CO)C(=O)O. The smallest absolute Gasteiger partial charge is 0.326 e. The summed E-state index contributed by atoms with van der Waals surface area (Å²) in [5, 5.41) is 20.2. The molecule has 0 aromatic heterocycles. The second-order valence-corrected chi connectivity index (χ2v) is 3.09. The van der Waals surface area contributed by atoms with Crippen molar-refractivity contribution in [1.82, 2.24) is 5.32 Å². The molecular weight excluding hydrogens is 146 g/mol. The van der Waals surface area contributed by atoms with E-state index in [1.165, 1.54) is 6.92 Å². The van der Waals surface area contributed by atoms with Gasteiger partial charge in [-0.25, -0.2) is 0 Å². The third kappa shape index (κ3) is 2.86. The van der Waals surface area contributed by atoms with Crippen molar-refractivity contribution in [3.63, 3.8) is 0 Å². The van der Waals surface area contributed by atoms with E-state index in [1.807, 2.05) is 13.8 Å². The fourth-order valence-electron chi connectivity index (χ4n) is 0.812. The first-order chi connectivity index (χ1) is 4.92. The van der Waals surface area contributed by atoms with Crippen LogP contribution < -0.4 is 5.32 Å². The summed E-state index contributed by atoms with van der Waals surface area (Å²) in [5.41, 5.74) is -1.21. The van der Waals surface area contributed by atoms with Crippen LogP contribution in [0.4, 0.5) is 0 Å². The van der Waals surface area contributed by atoms with E-state index in [4.69, 9.17) is 10.2 Å². The van der Waals surface area contributed by atoms with Crippen LogP contribution in [0.5, 0.6) is 0 Å². The van der Waals surface area contributed by atoms with Crippen LogP contribution in [-0.2, 0) is 4.79 Å². The van der Waals surface area contributed by atoms with Gasteiger partial charge in [-0.15, -0.1) is 0 Å². The zero-order valence-corrected chi connectivity index (χ0v) is 7.09. The molecule has 0 fully saturated rings. The highest BCUT2D eigenvalue weighted by molar-refractivity contribution is 5.78. The van der Waals surface area contributed by atoms with Gasteiger partial charge in [0.05, 0.1) is 6.61 Å². The van der Waals surface area contributed by atoms with Crippen LogP contribution in [-0.4, -0.2) is 34.4 Å². The van der Waals surface area contributed by atoms with Gasteiger partial charge in [-0.2, -0.15) is 0 Å². The second kappa shape index (κ2) is 3.69. The largest absolute Gasteiger partial charge is 0.480 e. The van der Waals surface area contributed by atoms with Gasteiger partial charge in [0.2, 0.25) is 0 Å². The van der Waals surface area contributed by atoms with E-state index in [0.29, 0.717) is 0 Å². The first kappa shape index (κ1) is 10.4. The minimum atomic E-state index is -1.21. The molecule has 0 aliphatic rings. The summed E-state index contributed by atoms with van der Waals surface area (Å²) < 4.78 is 0. The van der Waals surface area contributed by atoms with Gasteiger partial charge in [0.25, 0.3) is 0 Å². The molecule has 0 aromatic rings. The predicted octanol–water partition coefficient (Wildman–Crippen LogP) is -0.180. The van der Waals surface area contributed by atoms with Crippen LogP contribution in [0.15, 0.2) is 0 Å². The lowest BCUT2D eigenvalue weighted by Crippen LogP contribution is -2.55. The molecule has 1 unspecified atom stereocenters. The van der Waals surface area contributed by atoms with Crippen LogP contribution >= 0.6 is 0 Å². The Balaban J connectivity index is 4.22. The van der Waals surface area contributed by atoms with Crippen LogP contribution in [0.1, 0.15) is 20.8 Å². The van der Waals surface area contributed by atoms with Gasteiger partial charge in [0, 0.05) is 6.04 Å². The van der Waals surface area contributed by atoms with Gasteiger partial charge in [0.1, 0.15) is 5.54 Å². The van der Waals surface area contributed by atoms with Crippen molar-refractivity contribution >= 4 is 5.97 Å². The predicted molar refractivity (Wildman–Crippen MR) is 41.4 cm³/mol. The molecule has 0 bridgehead atoms. The molecule has 0 heterocycles. The number of carboxylic acid groups (broad SMARTS) is 1. The maximum atomic E-state index is 10.6. The van der Waals surface area contributed by atoms with Crippen LogP contribution in [0, 0.1) is 0 Å². The van der Waals surface area contributed by atoms with Crippen molar-refractivity contribution in [2.75, 3.05) is 6.61 Å². The van der Waals surface area contributed by atoms with Crippen LogP contribution in [0.3, 0.4) is 0 Å². The molecule has 4 nitrogen and oxygen atoms in total. The Morgan fingerprint density at radius 3 is 2.18 bits per heavy atom. The molecule has 3 N–H and O–H groups in total. The number of carboxylic acids is 1. The van der Waals surface area contributed by atoms with E-state index in [2.05, 4.69) is 5.32 Å².